The first-order chi connectivity index (χ1) is 5.79. The zero-order valence-electron chi connectivity index (χ0n) is 7.97. The minimum Gasteiger partial charge on any atom is -0.293 e. The van der Waals surface area contributed by atoms with Gasteiger partial charge in [-0.25, -0.2) is 0 Å². The molecule has 0 aromatic heterocycles. The zero-order valence-corrected chi connectivity index (χ0v) is 7.97. The molecule has 0 fully saturated rings. The van der Waals surface area contributed by atoms with Crippen molar-refractivity contribution in [3.8, 4) is 0 Å². The second-order valence-corrected chi connectivity index (χ2v) is 3.31. The van der Waals surface area contributed by atoms with Gasteiger partial charge in [0.2, 0.25) is 0 Å². The Balaban J connectivity index is 2.55. The fraction of sp³-hybridized carbons (Fsp3) is 0.800. The first-order valence-corrected chi connectivity index (χ1v) is 4.87. The highest BCUT2D eigenvalue weighted by atomic mass is 16.1. The molecular formula is C10H17NO. The molecule has 0 N–H and O–H groups in total. The molecular weight excluding hydrogens is 150 g/mol. The van der Waals surface area contributed by atoms with Crippen LogP contribution in [0.5, 0.6) is 0 Å². The normalized spacial score (nSPS) is 16.8. The van der Waals surface area contributed by atoms with E-state index >= 15 is 0 Å². The average Bonchev–Trinajstić information content (AvgIpc) is 2.58. The van der Waals surface area contributed by atoms with Crippen LogP contribution in [-0.4, -0.2) is 18.0 Å². The van der Waals surface area contributed by atoms with E-state index in [1.165, 1.54) is 0 Å². The van der Waals surface area contributed by atoms with E-state index in [1.54, 1.807) is 0 Å². The molecule has 0 saturated carbocycles. The highest BCUT2D eigenvalue weighted by molar-refractivity contribution is 6.40. The molecule has 0 saturated heterocycles. The quantitative estimate of drug-likeness (QED) is 0.631. The molecule has 0 radical (unpaired) electrons. The summed E-state index contributed by atoms with van der Waals surface area (Å²) in [7, 11) is 0. The van der Waals surface area contributed by atoms with Gasteiger partial charge in [0.1, 0.15) is 0 Å². The second kappa shape index (κ2) is 4.39. The van der Waals surface area contributed by atoms with Gasteiger partial charge in [0.15, 0.2) is 5.78 Å². The van der Waals surface area contributed by atoms with Crippen LogP contribution in [-0.2, 0) is 4.79 Å². The molecule has 2 heteroatoms. The molecule has 2 nitrogen and oxygen atoms in total. The van der Waals surface area contributed by atoms with Crippen LogP contribution in [0, 0.1) is 5.92 Å². The first kappa shape index (κ1) is 9.43. The number of hydrogen-bond donors (Lipinski definition) is 0. The Kier molecular flexibility index (Phi) is 3.45. The van der Waals surface area contributed by atoms with Crippen molar-refractivity contribution in [2.24, 2.45) is 10.9 Å². The molecule has 1 heterocycles. The molecule has 0 atom stereocenters. The molecule has 1 aliphatic heterocycles. The van der Waals surface area contributed by atoms with Crippen molar-refractivity contribution in [1.29, 1.82) is 0 Å². The van der Waals surface area contributed by atoms with E-state index in [2.05, 4.69) is 18.8 Å². The average molecular weight is 167 g/mol. The van der Waals surface area contributed by atoms with Crippen LogP contribution in [0.1, 0.15) is 39.5 Å². The molecule has 1 aliphatic rings. The third kappa shape index (κ3) is 1.93. The van der Waals surface area contributed by atoms with Crippen molar-refractivity contribution in [1.82, 2.24) is 0 Å². The fourth-order valence-electron chi connectivity index (χ4n) is 1.64. The number of aliphatic imine (C=N–C) groups is 1. The number of rotatable bonds is 4. The van der Waals surface area contributed by atoms with Crippen LogP contribution < -0.4 is 0 Å². The Labute approximate surface area is 74.1 Å². The van der Waals surface area contributed by atoms with Crippen molar-refractivity contribution >= 4 is 11.5 Å². The topological polar surface area (TPSA) is 29.4 Å². The Hall–Kier alpha value is -0.660. The summed E-state index contributed by atoms with van der Waals surface area (Å²) in [5.41, 5.74) is 0.851. The molecule has 0 aromatic carbocycles. The molecule has 12 heavy (non-hydrogen) atoms. The molecule has 1 rings (SSSR count). The molecule has 0 amide bonds. The lowest BCUT2D eigenvalue weighted by Crippen LogP contribution is -2.21. The van der Waals surface area contributed by atoms with Crippen LogP contribution in [0.2, 0.25) is 0 Å². The lowest BCUT2D eigenvalue weighted by molar-refractivity contribution is -0.116. The van der Waals surface area contributed by atoms with Gasteiger partial charge < -0.3 is 0 Å². The summed E-state index contributed by atoms with van der Waals surface area (Å²) in [6.07, 6.45) is 3.89. The number of nitrogens with zero attached hydrogens (tertiary/aromatic N) is 1. The van der Waals surface area contributed by atoms with E-state index in [0.717, 1.165) is 37.9 Å². The highest BCUT2D eigenvalue weighted by Crippen LogP contribution is 2.14. The minimum absolute atomic E-state index is 0.224. The van der Waals surface area contributed by atoms with E-state index in [0.29, 0.717) is 5.78 Å². The Bertz CT molecular complexity index is 192. The summed E-state index contributed by atoms with van der Waals surface area (Å²) in [5, 5.41) is 0. The van der Waals surface area contributed by atoms with Gasteiger partial charge >= 0.3 is 0 Å². The van der Waals surface area contributed by atoms with Gasteiger partial charge in [0, 0.05) is 12.5 Å². The number of carbonyl (C=O) groups excluding carboxylic acids is 1. The maximum atomic E-state index is 11.7. The van der Waals surface area contributed by atoms with E-state index in [1.807, 2.05) is 0 Å². The number of ketones is 1. The standard InChI is InChI=1S/C10H17NO/c1-3-8(4-2)10(12)9-6-5-7-11-9/h8H,3-7H2,1-2H3. The van der Waals surface area contributed by atoms with Crippen LogP contribution in [0.4, 0.5) is 0 Å². The van der Waals surface area contributed by atoms with Crippen molar-refractivity contribution in [3.63, 3.8) is 0 Å². The molecule has 0 aromatic rings. The van der Waals surface area contributed by atoms with Crippen LogP contribution >= 0.6 is 0 Å². The van der Waals surface area contributed by atoms with Crippen molar-refractivity contribution in [2.45, 2.75) is 39.5 Å². The lowest BCUT2D eigenvalue weighted by Gasteiger charge is -2.09. The molecule has 0 unspecified atom stereocenters. The molecule has 0 bridgehead atoms. The van der Waals surface area contributed by atoms with Gasteiger partial charge in [-0.15, -0.1) is 0 Å². The summed E-state index contributed by atoms with van der Waals surface area (Å²) >= 11 is 0. The second-order valence-electron chi connectivity index (χ2n) is 3.31. The van der Waals surface area contributed by atoms with Gasteiger partial charge in [-0.3, -0.25) is 9.79 Å². The first-order valence-electron chi connectivity index (χ1n) is 4.87. The predicted octanol–water partition coefficient (Wildman–Crippen LogP) is 2.23. The SMILES string of the molecule is CCC(CC)C(=O)C1=NCCC1. The van der Waals surface area contributed by atoms with Crippen LogP contribution in [0.3, 0.4) is 0 Å². The number of Topliss-reactive ketones (excluding diaryl/α,β-unsaturated/α-hetero) is 1. The van der Waals surface area contributed by atoms with Gasteiger partial charge in [0.05, 0.1) is 5.71 Å². The van der Waals surface area contributed by atoms with E-state index < -0.39 is 0 Å². The number of carbonyl (C=O) groups is 1. The predicted molar refractivity (Wildman–Crippen MR) is 50.6 cm³/mol. The fourth-order valence-corrected chi connectivity index (χ4v) is 1.64. The van der Waals surface area contributed by atoms with E-state index in [-0.39, 0.29) is 5.92 Å². The van der Waals surface area contributed by atoms with Crippen LogP contribution in [0.25, 0.3) is 0 Å². The summed E-state index contributed by atoms with van der Waals surface area (Å²) < 4.78 is 0. The lowest BCUT2D eigenvalue weighted by atomic mass is 9.94. The van der Waals surface area contributed by atoms with Crippen molar-refractivity contribution < 1.29 is 4.79 Å². The van der Waals surface area contributed by atoms with Gasteiger partial charge in [-0.2, -0.15) is 0 Å². The third-order valence-electron chi connectivity index (χ3n) is 2.52. The third-order valence-corrected chi connectivity index (χ3v) is 2.52. The number of hydrogen-bond acceptors (Lipinski definition) is 2. The largest absolute Gasteiger partial charge is 0.293 e. The minimum atomic E-state index is 0.224. The van der Waals surface area contributed by atoms with Crippen LogP contribution in [0.15, 0.2) is 4.99 Å². The Morgan fingerprint density at radius 3 is 2.58 bits per heavy atom. The summed E-state index contributed by atoms with van der Waals surface area (Å²) in [4.78, 5) is 15.9. The summed E-state index contributed by atoms with van der Waals surface area (Å²) in [6.45, 7) is 5.00. The summed E-state index contributed by atoms with van der Waals surface area (Å²) in [5.74, 6) is 0.527. The maximum absolute atomic E-state index is 11.7. The summed E-state index contributed by atoms with van der Waals surface area (Å²) in [6, 6.07) is 0. The van der Waals surface area contributed by atoms with Gasteiger partial charge in [-0.05, 0) is 25.7 Å². The van der Waals surface area contributed by atoms with Gasteiger partial charge in [-0.1, -0.05) is 13.8 Å². The van der Waals surface area contributed by atoms with Crippen molar-refractivity contribution in [3.05, 3.63) is 0 Å². The molecule has 0 aliphatic carbocycles. The van der Waals surface area contributed by atoms with E-state index in [4.69, 9.17) is 0 Å². The smallest absolute Gasteiger partial charge is 0.179 e. The monoisotopic (exact) mass is 167 g/mol. The zero-order chi connectivity index (χ0) is 8.97. The maximum Gasteiger partial charge on any atom is 0.179 e. The van der Waals surface area contributed by atoms with Gasteiger partial charge in [0.25, 0.3) is 0 Å². The molecule has 68 valence electrons. The Morgan fingerprint density at radius 1 is 1.50 bits per heavy atom. The molecule has 0 spiro atoms. The van der Waals surface area contributed by atoms with E-state index in [9.17, 15) is 4.79 Å². The Morgan fingerprint density at radius 2 is 2.17 bits per heavy atom. The van der Waals surface area contributed by atoms with Crippen molar-refractivity contribution in [2.75, 3.05) is 6.54 Å². The highest BCUT2D eigenvalue weighted by Gasteiger charge is 2.21.